The minimum Gasteiger partial charge on any atom is -0.490 e. The van der Waals surface area contributed by atoms with E-state index in [0.29, 0.717) is 11.8 Å². The van der Waals surface area contributed by atoms with Crippen molar-refractivity contribution in [3.63, 3.8) is 0 Å². The Labute approximate surface area is 113 Å². The highest BCUT2D eigenvalue weighted by molar-refractivity contribution is 5.25. The van der Waals surface area contributed by atoms with E-state index < -0.39 is 11.6 Å². The molecule has 1 aromatic carbocycles. The maximum absolute atomic E-state index is 13.1. The van der Waals surface area contributed by atoms with E-state index in [-0.39, 0.29) is 11.5 Å². The molecule has 0 spiro atoms. The summed E-state index contributed by atoms with van der Waals surface area (Å²) in [6, 6.07) is 4.10. The lowest BCUT2D eigenvalue weighted by Gasteiger charge is -2.51. The summed E-state index contributed by atoms with van der Waals surface area (Å²) in [5.41, 5.74) is 0.0000320. The summed E-state index contributed by atoms with van der Waals surface area (Å²) in [4.78, 5) is 0. The largest absolute Gasteiger partial charge is 0.490 e. The van der Waals surface area contributed by atoms with Crippen LogP contribution in [-0.2, 0) is 0 Å². The monoisotopic (exact) mass is 269 g/mol. The predicted molar refractivity (Wildman–Crippen MR) is 71.3 cm³/mol. The minimum absolute atomic E-state index is 0.0000320. The fourth-order valence-corrected chi connectivity index (χ4v) is 2.46. The maximum Gasteiger partial charge on any atom is 0.162 e. The van der Waals surface area contributed by atoms with Crippen LogP contribution in [0, 0.1) is 17.0 Å². The summed E-state index contributed by atoms with van der Waals surface area (Å²) >= 11 is 0. The van der Waals surface area contributed by atoms with Gasteiger partial charge in [-0.3, -0.25) is 0 Å². The van der Waals surface area contributed by atoms with Crippen LogP contribution >= 0.6 is 0 Å². The van der Waals surface area contributed by atoms with Crippen LogP contribution in [-0.4, -0.2) is 18.7 Å². The Morgan fingerprint density at radius 1 is 1.32 bits per heavy atom. The Morgan fingerprint density at radius 3 is 2.63 bits per heavy atom. The molecule has 2 rings (SSSR count). The predicted octanol–water partition coefficient (Wildman–Crippen LogP) is 3.51. The molecule has 2 unspecified atom stereocenters. The molecule has 2 nitrogen and oxygen atoms in total. The Bertz CT molecular complexity index is 448. The van der Waals surface area contributed by atoms with Crippen molar-refractivity contribution >= 4 is 0 Å². The minimum atomic E-state index is -0.865. The molecular weight excluding hydrogens is 248 g/mol. The normalized spacial score (nSPS) is 24.9. The SMILES string of the molecule is CCCNC1CC(Oc2ccc(F)c(F)c2)C1(C)C. The molecule has 2 atom stereocenters. The molecule has 1 saturated carbocycles. The van der Waals surface area contributed by atoms with E-state index in [2.05, 4.69) is 26.1 Å². The molecule has 4 heteroatoms. The molecule has 0 radical (unpaired) electrons. The molecule has 0 saturated heterocycles. The molecule has 1 fully saturated rings. The number of ether oxygens (including phenoxy) is 1. The molecule has 0 heterocycles. The summed E-state index contributed by atoms with van der Waals surface area (Å²) in [5.74, 6) is -1.32. The first-order valence-corrected chi connectivity index (χ1v) is 6.80. The summed E-state index contributed by atoms with van der Waals surface area (Å²) in [6.07, 6.45) is 2.03. The Kier molecular flexibility index (Phi) is 4.09. The molecule has 106 valence electrons. The third-order valence-corrected chi connectivity index (χ3v) is 3.99. The smallest absolute Gasteiger partial charge is 0.162 e. The van der Waals surface area contributed by atoms with E-state index in [1.54, 1.807) is 0 Å². The second-order valence-corrected chi connectivity index (χ2v) is 5.75. The molecule has 0 amide bonds. The lowest BCUT2D eigenvalue weighted by Crippen LogP contribution is -2.62. The van der Waals surface area contributed by atoms with Crippen LogP contribution in [0.25, 0.3) is 0 Å². The molecule has 0 aliphatic heterocycles. The van der Waals surface area contributed by atoms with Crippen molar-refractivity contribution < 1.29 is 13.5 Å². The van der Waals surface area contributed by atoms with E-state index in [9.17, 15) is 8.78 Å². The lowest BCUT2D eigenvalue weighted by atomic mass is 9.64. The number of nitrogens with one attached hydrogen (secondary N) is 1. The van der Waals surface area contributed by atoms with Crippen molar-refractivity contribution in [1.82, 2.24) is 5.32 Å². The summed E-state index contributed by atoms with van der Waals surface area (Å²) < 4.78 is 31.7. The van der Waals surface area contributed by atoms with Crippen molar-refractivity contribution in [2.75, 3.05) is 6.54 Å². The van der Waals surface area contributed by atoms with Crippen molar-refractivity contribution in [2.24, 2.45) is 5.41 Å². The van der Waals surface area contributed by atoms with Crippen molar-refractivity contribution in [3.8, 4) is 5.75 Å². The highest BCUT2D eigenvalue weighted by atomic mass is 19.2. The zero-order valence-electron chi connectivity index (χ0n) is 11.7. The van der Waals surface area contributed by atoms with Gasteiger partial charge in [0.2, 0.25) is 0 Å². The first kappa shape index (κ1) is 14.3. The van der Waals surface area contributed by atoms with Gasteiger partial charge in [-0.15, -0.1) is 0 Å². The van der Waals surface area contributed by atoms with Gasteiger partial charge in [0.25, 0.3) is 0 Å². The fraction of sp³-hybridized carbons (Fsp3) is 0.600. The van der Waals surface area contributed by atoms with Gasteiger partial charge in [0.05, 0.1) is 0 Å². The van der Waals surface area contributed by atoms with Crippen LogP contribution in [0.4, 0.5) is 8.78 Å². The molecule has 19 heavy (non-hydrogen) atoms. The third kappa shape index (κ3) is 2.89. The number of hydrogen-bond donors (Lipinski definition) is 1. The molecule has 1 aliphatic rings. The van der Waals surface area contributed by atoms with Gasteiger partial charge in [0.15, 0.2) is 11.6 Å². The van der Waals surface area contributed by atoms with Crippen molar-refractivity contribution in [3.05, 3.63) is 29.8 Å². The lowest BCUT2D eigenvalue weighted by molar-refractivity contribution is -0.0547. The van der Waals surface area contributed by atoms with E-state index in [1.165, 1.54) is 6.07 Å². The van der Waals surface area contributed by atoms with E-state index >= 15 is 0 Å². The zero-order valence-corrected chi connectivity index (χ0v) is 11.7. The number of rotatable bonds is 5. The fourth-order valence-electron chi connectivity index (χ4n) is 2.46. The first-order chi connectivity index (χ1) is 8.95. The van der Waals surface area contributed by atoms with Crippen LogP contribution in [0.15, 0.2) is 18.2 Å². The van der Waals surface area contributed by atoms with E-state index in [0.717, 1.165) is 31.5 Å². The molecular formula is C15H21F2NO. The average molecular weight is 269 g/mol. The van der Waals surface area contributed by atoms with Gasteiger partial charge < -0.3 is 10.1 Å². The number of hydrogen-bond acceptors (Lipinski definition) is 2. The second-order valence-electron chi connectivity index (χ2n) is 5.75. The average Bonchev–Trinajstić information content (AvgIpc) is 2.37. The Hall–Kier alpha value is -1.16. The molecule has 0 aromatic heterocycles. The van der Waals surface area contributed by atoms with E-state index in [4.69, 9.17) is 4.74 Å². The summed E-state index contributed by atoms with van der Waals surface area (Å²) in [6.45, 7) is 7.39. The van der Waals surface area contributed by atoms with Crippen LogP contribution in [0.2, 0.25) is 0 Å². The van der Waals surface area contributed by atoms with Gasteiger partial charge in [0.1, 0.15) is 11.9 Å². The number of halogens is 2. The van der Waals surface area contributed by atoms with Gasteiger partial charge >= 0.3 is 0 Å². The second kappa shape index (κ2) is 5.45. The summed E-state index contributed by atoms with van der Waals surface area (Å²) in [7, 11) is 0. The number of benzene rings is 1. The first-order valence-electron chi connectivity index (χ1n) is 6.80. The van der Waals surface area contributed by atoms with Gasteiger partial charge in [-0.1, -0.05) is 20.8 Å². The van der Waals surface area contributed by atoms with Crippen LogP contribution < -0.4 is 10.1 Å². The highest BCUT2D eigenvalue weighted by Crippen LogP contribution is 2.43. The standard InChI is InChI=1S/C15H21F2NO/c1-4-7-18-13-9-14(15(13,2)3)19-10-5-6-11(16)12(17)8-10/h5-6,8,13-14,18H,4,7,9H2,1-3H3. The maximum atomic E-state index is 13.1. The van der Waals surface area contributed by atoms with E-state index in [1.807, 2.05) is 0 Å². The van der Waals surface area contributed by atoms with Crippen LogP contribution in [0.1, 0.15) is 33.6 Å². The molecule has 1 N–H and O–H groups in total. The highest BCUT2D eigenvalue weighted by Gasteiger charge is 2.49. The zero-order chi connectivity index (χ0) is 14.0. The Balaban J connectivity index is 1.96. The van der Waals surface area contributed by atoms with Gasteiger partial charge in [-0.25, -0.2) is 8.78 Å². The third-order valence-electron chi connectivity index (χ3n) is 3.99. The van der Waals surface area contributed by atoms with Gasteiger partial charge in [-0.2, -0.15) is 0 Å². The Morgan fingerprint density at radius 2 is 2.05 bits per heavy atom. The van der Waals surface area contributed by atoms with Crippen molar-refractivity contribution in [2.45, 2.75) is 45.8 Å². The van der Waals surface area contributed by atoms with Crippen LogP contribution in [0.3, 0.4) is 0 Å². The molecule has 1 aromatic rings. The van der Waals surface area contributed by atoms with Gasteiger partial charge in [-0.05, 0) is 25.1 Å². The van der Waals surface area contributed by atoms with Gasteiger partial charge in [0, 0.05) is 23.9 Å². The topological polar surface area (TPSA) is 21.3 Å². The molecule has 0 bridgehead atoms. The molecule has 1 aliphatic carbocycles. The van der Waals surface area contributed by atoms with Crippen LogP contribution in [0.5, 0.6) is 5.75 Å². The quantitative estimate of drug-likeness (QED) is 0.883. The summed E-state index contributed by atoms with van der Waals surface area (Å²) in [5, 5.41) is 3.48. The van der Waals surface area contributed by atoms with Crippen molar-refractivity contribution in [1.29, 1.82) is 0 Å².